The van der Waals surface area contributed by atoms with Crippen molar-refractivity contribution >= 4 is 0 Å². The van der Waals surface area contributed by atoms with Crippen molar-refractivity contribution in [2.75, 3.05) is 13.7 Å². The van der Waals surface area contributed by atoms with Gasteiger partial charge in [0.05, 0.1) is 12.7 Å². The minimum absolute atomic E-state index is 0.625. The van der Waals surface area contributed by atoms with Gasteiger partial charge in [0, 0.05) is 12.1 Å². The van der Waals surface area contributed by atoms with Gasteiger partial charge in [-0.1, -0.05) is 18.2 Å². The van der Waals surface area contributed by atoms with Crippen molar-refractivity contribution in [1.82, 2.24) is 5.32 Å². The zero-order valence-corrected chi connectivity index (χ0v) is 12.1. The van der Waals surface area contributed by atoms with E-state index in [-0.39, 0.29) is 0 Å². The van der Waals surface area contributed by atoms with Crippen LogP contribution in [0, 0.1) is 0 Å². The smallest absolute Gasteiger partial charge is 0.416 e. The minimum atomic E-state index is -4.30. The first kappa shape index (κ1) is 14.9. The molecule has 1 aliphatic rings. The lowest BCUT2D eigenvalue weighted by atomic mass is 9.90. The molecule has 0 saturated carbocycles. The number of fused-ring (bicyclic) bond motifs is 1. The average molecular weight is 307 g/mol. The van der Waals surface area contributed by atoms with Crippen molar-refractivity contribution in [3.05, 3.63) is 53.1 Å². The van der Waals surface area contributed by atoms with E-state index in [9.17, 15) is 13.2 Å². The lowest BCUT2D eigenvalue weighted by Crippen LogP contribution is -2.24. The Balaban J connectivity index is 2.05. The molecule has 2 nitrogen and oxygen atoms in total. The van der Waals surface area contributed by atoms with Crippen LogP contribution in [0.15, 0.2) is 36.4 Å². The van der Waals surface area contributed by atoms with Gasteiger partial charge in [0.25, 0.3) is 0 Å². The standard InChI is InChI=1S/C17H16F3NO/c1-22-16-7-6-13(14-8-9-21-10-15(14)16)11-2-4-12(5-3-11)17(18,19)20/h2-7,21H,8-10H2,1H3. The number of ether oxygens (including phenoxy) is 1. The molecule has 0 aromatic heterocycles. The summed E-state index contributed by atoms with van der Waals surface area (Å²) in [4.78, 5) is 0. The maximum Gasteiger partial charge on any atom is 0.416 e. The molecule has 2 aromatic carbocycles. The molecule has 0 radical (unpaired) electrons. The first-order valence-electron chi connectivity index (χ1n) is 7.08. The number of halogens is 3. The molecule has 116 valence electrons. The van der Waals surface area contributed by atoms with Crippen molar-refractivity contribution in [2.24, 2.45) is 0 Å². The molecular formula is C17H16F3NO. The Morgan fingerprint density at radius 2 is 1.73 bits per heavy atom. The molecule has 0 fully saturated rings. The SMILES string of the molecule is COc1ccc(-c2ccc(C(F)(F)F)cc2)c2c1CNCC2. The molecule has 0 saturated heterocycles. The molecule has 0 spiro atoms. The highest BCUT2D eigenvalue weighted by molar-refractivity contribution is 5.71. The fourth-order valence-corrected chi connectivity index (χ4v) is 2.88. The molecule has 1 N–H and O–H groups in total. The summed E-state index contributed by atoms with van der Waals surface area (Å²) in [5.74, 6) is 0.817. The van der Waals surface area contributed by atoms with E-state index < -0.39 is 11.7 Å². The zero-order chi connectivity index (χ0) is 15.7. The van der Waals surface area contributed by atoms with Gasteiger partial charge in [-0.05, 0) is 47.9 Å². The van der Waals surface area contributed by atoms with E-state index in [1.165, 1.54) is 12.1 Å². The molecule has 0 atom stereocenters. The summed E-state index contributed by atoms with van der Waals surface area (Å²) < 4.78 is 43.4. The van der Waals surface area contributed by atoms with Crippen LogP contribution in [0.2, 0.25) is 0 Å². The van der Waals surface area contributed by atoms with Crippen LogP contribution in [-0.4, -0.2) is 13.7 Å². The Morgan fingerprint density at radius 3 is 2.36 bits per heavy atom. The molecule has 0 unspecified atom stereocenters. The summed E-state index contributed by atoms with van der Waals surface area (Å²) in [6, 6.07) is 9.13. The molecule has 3 rings (SSSR count). The molecule has 22 heavy (non-hydrogen) atoms. The van der Waals surface area contributed by atoms with Crippen LogP contribution in [0.4, 0.5) is 13.2 Å². The number of benzene rings is 2. The van der Waals surface area contributed by atoms with Gasteiger partial charge in [-0.2, -0.15) is 13.2 Å². The topological polar surface area (TPSA) is 21.3 Å². The Kier molecular flexibility index (Phi) is 3.83. The number of hydrogen-bond acceptors (Lipinski definition) is 2. The molecule has 0 aliphatic carbocycles. The highest BCUT2D eigenvalue weighted by atomic mass is 19.4. The van der Waals surface area contributed by atoms with Gasteiger partial charge in [0.15, 0.2) is 0 Å². The van der Waals surface area contributed by atoms with Gasteiger partial charge in [0.2, 0.25) is 0 Å². The monoisotopic (exact) mass is 307 g/mol. The average Bonchev–Trinajstić information content (AvgIpc) is 2.53. The zero-order valence-electron chi connectivity index (χ0n) is 12.1. The predicted octanol–water partition coefficient (Wildman–Crippen LogP) is 4.03. The Bertz CT molecular complexity index is 678. The second kappa shape index (κ2) is 5.65. The Labute approximate surface area is 126 Å². The third-order valence-electron chi connectivity index (χ3n) is 3.98. The van der Waals surface area contributed by atoms with Crippen LogP contribution in [-0.2, 0) is 19.1 Å². The number of methoxy groups -OCH3 is 1. The fraction of sp³-hybridized carbons (Fsp3) is 0.294. The maximum atomic E-state index is 12.7. The molecule has 2 aromatic rings. The number of rotatable bonds is 2. The number of alkyl halides is 3. The van der Waals surface area contributed by atoms with Gasteiger partial charge in [-0.25, -0.2) is 0 Å². The predicted molar refractivity (Wildman–Crippen MR) is 78.8 cm³/mol. The third-order valence-corrected chi connectivity index (χ3v) is 3.98. The highest BCUT2D eigenvalue weighted by Crippen LogP contribution is 2.36. The van der Waals surface area contributed by atoms with E-state index in [2.05, 4.69) is 5.32 Å². The number of nitrogens with one attached hydrogen (secondary N) is 1. The van der Waals surface area contributed by atoms with Gasteiger partial charge >= 0.3 is 6.18 Å². The van der Waals surface area contributed by atoms with Crippen molar-refractivity contribution in [3.63, 3.8) is 0 Å². The second-order valence-corrected chi connectivity index (χ2v) is 5.27. The second-order valence-electron chi connectivity index (χ2n) is 5.27. The van der Waals surface area contributed by atoms with Crippen LogP contribution in [0.1, 0.15) is 16.7 Å². The summed E-state index contributed by atoms with van der Waals surface area (Å²) in [5.41, 5.74) is 3.39. The van der Waals surface area contributed by atoms with E-state index in [0.29, 0.717) is 6.54 Å². The van der Waals surface area contributed by atoms with E-state index in [4.69, 9.17) is 4.74 Å². The summed E-state index contributed by atoms with van der Waals surface area (Å²) in [5, 5.41) is 3.29. The molecular weight excluding hydrogens is 291 g/mol. The highest BCUT2D eigenvalue weighted by Gasteiger charge is 2.30. The summed E-state index contributed by atoms with van der Waals surface area (Å²) in [6.07, 6.45) is -3.47. The molecule has 0 bridgehead atoms. The van der Waals surface area contributed by atoms with E-state index in [1.54, 1.807) is 7.11 Å². The van der Waals surface area contributed by atoms with Gasteiger partial charge in [-0.15, -0.1) is 0 Å². The Hall–Kier alpha value is -2.01. The quantitative estimate of drug-likeness (QED) is 0.904. The third kappa shape index (κ3) is 2.68. The molecule has 1 heterocycles. The van der Waals surface area contributed by atoms with Crippen molar-refractivity contribution in [3.8, 4) is 16.9 Å². The number of hydrogen-bond donors (Lipinski definition) is 1. The van der Waals surface area contributed by atoms with Crippen molar-refractivity contribution in [1.29, 1.82) is 0 Å². The van der Waals surface area contributed by atoms with Crippen LogP contribution < -0.4 is 10.1 Å². The van der Waals surface area contributed by atoms with E-state index in [1.807, 2.05) is 12.1 Å². The first-order valence-corrected chi connectivity index (χ1v) is 7.08. The largest absolute Gasteiger partial charge is 0.496 e. The summed E-state index contributed by atoms with van der Waals surface area (Å²) >= 11 is 0. The maximum absolute atomic E-state index is 12.7. The summed E-state index contributed by atoms with van der Waals surface area (Å²) in [7, 11) is 1.63. The summed E-state index contributed by atoms with van der Waals surface area (Å²) in [6.45, 7) is 1.57. The van der Waals surface area contributed by atoms with E-state index in [0.717, 1.165) is 53.1 Å². The normalized spacial score (nSPS) is 14.5. The van der Waals surface area contributed by atoms with Crippen LogP contribution in [0.5, 0.6) is 5.75 Å². The first-order chi connectivity index (χ1) is 10.5. The minimum Gasteiger partial charge on any atom is -0.496 e. The molecule has 5 heteroatoms. The van der Waals surface area contributed by atoms with Gasteiger partial charge in [-0.3, -0.25) is 0 Å². The fourth-order valence-electron chi connectivity index (χ4n) is 2.88. The van der Waals surface area contributed by atoms with Gasteiger partial charge < -0.3 is 10.1 Å². The van der Waals surface area contributed by atoms with Crippen LogP contribution in [0.25, 0.3) is 11.1 Å². The van der Waals surface area contributed by atoms with Gasteiger partial charge in [0.1, 0.15) is 5.75 Å². The lowest BCUT2D eigenvalue weighted by molar-refractivity contribution is -0.137. The van der Waals surface area contributed by atoms with Crippen molar-refractivity contribution in [2.45, 2.75) is 19.1 Å². The van der Waals surface area contributed by atoms with Crippen LogP contribution >= 0.6 is 0 Å². The van der Waals surface area contributed by atoms with E-state index >= 15 is 0 Å². The van der Waals surface area contributed by atoms with Crippen LogP contribution in [0.3, 0.4) is 0 Å². The van der Waals surface area contributed by atoms with Crippen molar-refractivity contribution < 1.29 is 17.9 Å². The molecule has 1 aliphatic heterocycles. The lowest BCUT2D eigenvalue weighted by Gasteiger charge is -2.23. The Morgan fingerprint density at radius 1 is 1.00 bits per heavy atom. The molecule has 0 amide bonds.